The molecule has 0 amide bonds. The standard InChI is InChI=1S/C12H18N4.C8H6.C8H16.2C2H6/c1-8(15-3)11-6-4-5-10(7-13)12(11)16-9(2)14;1-6-7-4-2-3-5-8(6)7;1-3-8(4-2)6-5-7-8;2*1-2/h4-6,15H,1,7,13H2,2-3H3,(H2,14,16);2-5H,1H2;3-7H2,1-2H3;2*1-2H3. The summed E-state index contributed by atoms with van der Waals surface area (Å²) < 4.78 is 0. The fourth-order valence-electron chi connectivity index (χ4n) is 4.02. The number of nitrogens with one attached hydrogen (secondary N) is 1. The number of nitrogens with zero attached hydrogens (tertiary/aromatic N) is 1. The van der Waals surface area contributed by atoms with E-state index in [-0.39, 0.29) is 0 Å². The van der Waals surface area contributed by atoms with Crippen LogP contribution in [0.15, 0.2) is 60.6 Å². The van der Waals surface area contributed by atoms with E-state index < -0.39 is 0 Å². The van der Waals surface area contributed by atoms with Gasteiger partial charge in [0.25, 0.3) is 0 Å². The molecule has 0 unspecified atom stereocenters. The number of aliphatic imine (C=N–C) groups is 1. The summed E-state index contributed by atoms with van der Waals surface area (Å²) in [5.74, 6) is 0.506. The molecule has 0 aliphatic heterocycles. The molecule has 1 saturated carbocycles. The third kappa shape index (κ3) is 9.66. The Morgan fingerprint density at radius 2 is 1.50 bits per heavy atom. The van der Waals surface area contributed by atoms with Crippen LogP contribution in [0.4, 0.5) is 5.69 Å². The van der Waals surface area contributed by atoms with Gasteiger partial charge in [0, 0.05) is 24.9 Å². The first-order chi connectivity index (χ1) is 17.3. The lowest BCUT2D eigenvalue weighted by atomic mass is 9.65. The molecule has 200 valence electrons. The van der Waals surface area contributed by atoms with Crippen LogP contribution in [0.25, 0.3) is 11.3 Å². The number of para-hydroxylation sites is 1. The van der Waals surface area contributed by atoms with Gasteiger partial charge < -0.3 is 16.8 Å². The molecule has 2 aliphatic carbocycles. The molecule has 4 nitrogen and oxygen atoms in total. The number of hydrogen-bond acceptors (Lipinski definition) is 3. The average molecular weight is 493 g/mol. The van der Waals surface area contributed by atoms with E-state index in [1.165, 1.54) is 48.8 Å². The first-order valence-corrected chi connectivity index (χ1v) is 13.6. The van der Waals surface area contributed by atoms with Crippen LogP contribution >= 0.6 is 0 Å². The third-order valence-corrected chi connectivity index (χ3v) is 6.68. The van der Waals surface area contributed by atoms with Crippen molar-refractivity contribution in [2.24, 2.45) is 21.9 Å². The van der Waals surface area contributed by atoms with Gasteiger partial charge in [-0.25, -0.2) is 4.99 Å². The van der Waals surface area contributed by atoms with Crippen molar-refractivity contribution < 1.29 is 0 Å². The summed E-state index contributed by atoms with van der Waals surface area (Å²) in [6.07, 6.45) is 7.30. The van der Waals surface area contributed by atoms with Crippen LogP contribution in [-0.4, -0.2) is 12.9 Å². The van der Waals surface area contributed by atoms with Gasteiger partial charge in [0.15, 0.2) is 0 Å². The predicted molar refractivity (Wildman–Crippen MR) is 164 cm³/mol. The van der Waals surface area contributed by atoms with Crippen LogP contribution in [0.3, 0.4) is 0 Å². The first kappa shape index (κ1) is 33.1. The van der Waals surface area contributed by atoms with Crippen LogP contribution in [0.2, 0.25) is 0 Å². The second-order valence-electron chi connectivity index (χ2n) is 8.58. The molecule has 4 heteroatoms. The molecule has 0 atom stereocenters. The van der Waals surface area contributed by atoms with Gasteiger partial charge in [-0.3, -0.25) is 0 Å². The molecule has 0 saturated heterocycles. The Morgan fingerprint density at radius 3 is 1.81 bits per heavy atom. The molecule has 36 heavy (non-hydrogen) atoms. The lowest BCUT2D eigenvalue weighted by Crippen LogP contribution is -2.27. The van der Waals surface area contributed by atoms with Crippen molar-refractivity contribution in [3.63, 3.8) is 0 Å². The Kier molecular flexibility index (Phi) is 16.2. The van der Waals surface area contributed by atoms with E-state index in [1.54, 1.807) is 6.92 Å². The summed E-state index contributed by atoms with van der Waals surface area (Å²) in [4.78, 5) is 4.31. The Labute approximate surface area is 222 Å². The van der Waals surface area contributed by atoms with E-state index in [1.807, 2.05) is 65.1 Å². The minimum Gasteiger partial charge on any atom is -0.388 e. The Hall–Kier alpha value is -2.85. The van der Waals surface area contributed by atoms with Gasteiger partial charge in [0.2, 0.25) is 0 Å². The highest BCUT2D eigenvalue weighted by molar-refractivity contribution is 5.98. The molecule has 2 aliphatic rings. The monoisotopic (exact) mass is 492 g/mol. The normalized spacial score (nSPS) is 13.8. The summed E-state index contributed by atoms with van der Waals surface area (Å²) in [5, 5.41) is 3.00. The van der Waals surface area contributed by atoms with E-state index in [9.17, 15) is 0 Å². The van der Waals surface area contributed by atoms with Crippen LogP contribution in [0.5, 0.6) is 0 Å². The highest BCUT2D eigenvalue weighted by Gasteiger charge is 2.32. The minimum atomic E-state index is 0.428. The SMILES string of the molecule is C=C(NC)c1cccc(CN)c1N=C(C)N.C=C1c2ccccc21.CC.CC.CCC1(CC)CCC1. The number of hydrogen-bond donors (Lipinski definition) is 3. The second kappa shape index (κ2) is 17.6. The minimum absolute atomic E-state index is 0.428. The first-order valence-electron chi connectivity index (χ1n) is 13.6. The van der Waals surface area contributed by atoms with Crippen molar-refractivity contribution >= 4 is 22.8 Å². The number of nitrogens with two attached hydrogens (primary N) is 2. The van der Waals surface area contributed by atoms with Crippen molar-refractivity contribution in [2.75, 3.05) is 7.05 Å². The molecule has 2 aromatic carbocycles. The van der Waals surface area contributed by atoms with Gasteiger partial charge in [0.05, 0.1) is 11.5 Å². The maximum atomic E-state index is 5.68. The van der Waals surface area contributed by atoms with E-state index >= 15 is 0 Å². The molecule has 1 fully saturated rings. The lowest BCUT2D eigenvalue weighted by Gasteiger charge is -2.40. The molecule has 0 spiro atoms. The average Bonchev–Trinajstić information content (AvgIpc) is 3.56. The third-order valence-electron chi connectivity index (χ3n) is 6.68. The summed E-state index contributed by atoms with van der Waals surface area (Å²) in [7, 11) is 1.82. The molecule has 2 aromatic rings. The van der Waals surface area contributed by atoms with Crippen molar-refractivity contribution in [3.8, 4) is 0 Å². The number of rotatable bonds is 6. The van der Waals surface area contributed by atoms with Crippen molar-refractivity contribution in [2.45, 2.75) is 87.1 Å². The van der Waals surface area contributed by atoms with Gasteiger partial charge in [-0.1, -0.05) is 116 Å². The Morgan fingerprint density at radius 1 is 0.972 bits per heavy atom. The fraction of sp³-hybridized carbons (Fsp3) is 0.469. The van der Waals surface area contributed by atoms with Crippen LogP contribution in [-0.2, 0) is 6.54 Å². The van der Waals surface area contributed by atoms with E-state index in [0.29, 0.717) is 12.4 Å². The predicted octanol–water partition coefficient (Wildman–Crippen LogP) is 8.43. The smallest absolute Gasteiger partial charge is 0.0965 e. The molecule has 4 rings (SSSR count). The maximum Gasteiger partial charge on any atom is 0.0965 e. The molecule has 0 aromatic heterocycles. The number of fused-ring (bicyclic) bond motifs is 1. The number of benzene rings is 2. The Balaban J connectivity index is 0.000000513. The molecule has 0 bridgehead atoms. The van der Waals surface area contributed by atoms with Crippen LogP contribution < -0.4 is 16.8 Å². The quantitative estimate of drug-likeness (QED) is 0.239. The van der Waals surface area contributed by atoms with Crippen molar-refractivity contribution in [1.29, 1.82) is 0 Å². The highest BCUT2D eigenvalue weighted by Crippen LogP contribution is 2.46. The van der Waals surface area contributed by atoms with Crippen LogP contribution in [0, 0.1) is 5.41 Å². The summed E-state index contributed by atoms with van der Waals surface area (Å²) >= 11 is 0. The van der Waals surface area contributed by atoms with E-state index in [0.717, 1.165) is 27.9 Å². The Bertz CT molecular complexity index is 925. The largest absolute Gasteiger partial charge is 0.388 e. The zero-order chi connectivity index (χ0) is 27.7. The molecular weight excluding hydrogens is 440 g/mol. The van der Waals surface area contributed by atoms with Gasteiger partial charge in [-0.15, -0.1) is 0 Å². The van der Waals surface area contributed by atoms with Gasteiger partial charge >= 0.3 is 0 Å². The fourth-order valence-corrected chi connectivity index (χ4v) is 4.02. The summed E-state index contributed by atoms with van der Waals surface area (Å²) in [5.41, 5.74) is 19.5. The zero-order valence-corrected chi connectivity index (χ0v) is 24.3. The van der Waals surface area contributed by atoms with Gasteiger partial charge in [-0.05, 0) is 47.4 Å². The zero-order valence-electron chi connectivity index (χ0n) is 24.3. The molecule has 0 heterocycles. The molecule has 0 radical (unpaired) electrons. The van der Waals surface area contributed by atoms with Gasteiger partial charge in [-0.2, -0.15) is 0 Å². The maximum absolute atomic E-state index is 5.68. The molecule has 5 N–H and O–H groups in total. The van der Waals surface area contributed by atoms with Crippen LogP contribution in [0.1, 0.15) is 103 Å². The second-order valence-corrected chi connectivity index (χ2v) is 8.58. The topological polar surface area (TPSA) is 76.4 Å². The summed E-state index contributed by atoms with van der Waals surface area (Å²) in [6, 6.07) is 14.1. The molecular formula is C32H52N4. The van der Waals surface area contributed by atoms with E-state index in [4.69, 9.17) is 11.5 Å². The van der Waals surface area contributed by atoms with Crippen molar-refractivity contribution in [1.82, 2.24) is 5.32 Å². The number of amidine groups is 1. The van der Waals surface area contributed by atoms with Crippen molar-refractivity contribution in [3.05, 3.63) is 77.9 Å². The summed E-state index contributed by atoms with van der Waals surface area (Å²) in [6.45, 7) is 22.6. The lowest BCUT2D eigenvalue weighted by molar-refractivity contribution is 0.121. The van der Waals surface area contributed by atoms with Gasteiger partial charge in [0.1, 0.15) is 0 Å². The van der Waals surface area contributed by atoms with E-state index in [2.05, 4.69) is 49.4 Å². The highest BCUT2D eigenvalue weighted by atomic mass is 14.9.